The molecule has 4 aromatic carbocycles. The lowest BCUT2D eigenvalue weighted by atomic mass is 10.00. The third-order valence-electron chi connectivity index (χ3n) is 14.6. The Morgan fingerprint density at radius 3 is 1.35 bits per heavy atom. The number of aliphatic hydroxyl groups is 1. The van der Waals surface area contributed by atoms with E-state index >= 15 is 0 Å². The monoisotopic (exact) mass is 1230 g/mol. The molecule has 474 valence electrons. The van der Waals surface area contributed by atoms with E-state index in [1.54, 1.807) is 86.9 Å². The first-order chi connectivity index (χ1) is 42.3. The number of aromatic hydroxyl groups is 2. The minimum Gasteiger partial charge on any atom is -0.508 e. The summed E-state index contributed by atoms with van der Waals surface area (Å²) in [6.45, 7) is 3.47. The molecule has 10 amide bonds. The SMILES string of the molecule is CC(C)[C@H](NC(=O)[C@H](CCC(N)=O)NC(=O)[C@H](Cc1c[nH]c2ccccc12)NC(=O)[C@H](Cc1ccc(O)cc1)NC(=O)[C@H](CCC(N)=O)NC(=O)CNC(=O)[C@H](Cc1c[nH]c2ccccc12)NC(=O)[C@@H](NC(=O)[C@@H](N)Cc1ccc(O)cc1)[C@@H](C)O)C(=O)O. The van der Waals surface area contributed by atoms with Gasteiger partial charge < -0.3 is 90.1 Å². The van der Waals surface area contributed by atoms with E-state index in [0.29, 0.717) is 44.1 Å². The molecule has 0 fully saturated rings. The summed E-state index contributed by atoms with van der Waals surface area (Å²) in [6.07, 6.45) is -0.817. The van der Waals surface area contributed by atoms with Crippen LogP contribution in [0.1, 0.15) is 68.7 Å². The molecule has 0 aliphatic rings. The number of carboxylic acid groups (broad SMARTS) is 1. The summed E-state index contributed by atoms with van der Waals surface area (Å²) in [6, 6.07) is 13.4. The van der Waals surface area contributed by atoms with Gasteiger partial charge in [-0.25, -0.2) is 4.79 Å². The Balaban J connectivity index is 1.23. The van der Waals surface area contributed by atoms with Crippen molar-refractivity contribution in [2.75, 3.05) is 6.54 Å². The number of rotatable bonds is 33. The van der Waals surface area contributed by atoms with Crippen molar-refractivity contribution in [1.82, 2.24) is 52.5 Å². The van der Waals surface area contributed by atoms with Crippen LogP contribution in [-0.2, 0) is 78.4 Å². The predicted molar refractivity (Wildman–Crippen MR) is 323 cm³/mol. The number of fused-ring (bicyclic) bond motifs is 2. The molecule has 89 heavy (non-hydrogen) atoms. The Labute approximate surface area is 510 Å². The third-order valence-corrected chi connectivity index (χ3v) is 14.6. The molecule has 2 aromatic heterocycles. The van der Waals surface area contributed by atoms with Gasteiger partial charge in [-0.15, -0.1) is 0 Å². The van der Waals surface area contributed by atoms with Crippen LogP contribution in [0.3, 0.4) is 0 Å². The normalized spacial score (nSPS) is 14.3. The van der Waals surface area contributed by atoms with Crippen LogP contribution in [0.4, 0.5) is 0 Å². The van der Waals surface area contributed by atoms with Crippen LogP contribution in [0.15, 0.2) is 109 Å². The number of phenols is 2. The predicted octanol–water partition coefficient (Wildman–Crippen LogP) is -1.18. The summed E-state index contributed by atoms with van der Waals surface area (Å²) < 4.78 is 0. The molecule has 20 N–H and O–H groups in total. The largest absolute Gasteiger partial charge is 0.508 e. The Morgan fingerprint density at radius 1 is 0.472 bits per heavy atom. The average molecular weight is 1230 g/mol. The Bertz CT molecular complexity index is 3510. The number of nitrogens with one attached hydrogen (secondary N) is 10. The number of carboxylic acids is 1. The molecule has 0 aliphatic heterocycles. The van der Waals surface area contributed by atoms with E-state index < -0.39 is 151 Å². The third kappa shape index (κ3) is 20.1. The van der Waals surface area contributed by atoms with E-state index in [0.717, 1.165) is 0 Å². The highest BCUT2D eigenvalue weighted by molar-refractivity contribution is 5.99. The number of H-pyrrole nitrogens is 2. The van der Waals surface area contributed by atoms with Gasteiger partial charge >= 0.3 is 5.97 Å². The maximum atomic E-state index is 14.8. The minimum absolute atomic E-state index is 0.00532. The molecule has 0 spiro atoms. The number of carbonyl (C=O) groups excluding carboxylic acids is 10. The van der Waals surface area contributed by atoms with Crippen molar-refractivity contribution in [3.8, 4) is 11.5 Å². The Hall–Kier alpha value is -10.3. The Kier molecular flexibility index (Phi) is 24.3. The summed E-state index contributed by atoms with van der Waals surface area (Å²) in [4.78, 5) is 155. The zero-order chi connectivity index (χ0) is 65.1. The fraction of sp³-hybridized carbons (Fsp3) is 0.361. The van der Waals surface area contributed by atoms with E-state index in [1.807, 2.05) is 0 Å². The fourth-order valence-electron chi connectivity index (χ4n) is 9.67. The van der Waals surface area contributed by atoms with Gasteiger partial charge in [0, 0.05) is 66.3 Å². The second-order valence-corrected chi connectivity index (χ2v) is 21.9. The van der Waals surface area contributed by atoms with Gasteiger partial charge in [0.25, 0.3) is 0 Å². The van der Waals surface area contributed by atoms with Crippen LogP contribution < -0.4 is 59.7 Å². The summed E-state index contributed by atoms with van der Waals surface area (Å²) in [5.74, 6) is -11.6. The van der Waals surface area contributed by atoms with Crippen LogP contribution in [0, 0.1) is 5.92 Å². The number of hydrogen-bond donors (Lipinski definition) is 17. The standard InChI is InChI=1S/C61H75N13O15/c1-31(2)52(61(88)89)73-57(84)45(21-23-50(64)79)69-59(86)48(27-36-29-66-43-11-7-5-9-40(36)43)71-58(85)46(25-34-14-18-38(77)19-15-34)70-56(83)44(20-22-49(63)78)68-51(80)30-67-55(82)47(26-35-28-65-42-10-6-4-8-39(35)42)72-60(87)53(32(3)75)74-54(81)41(62)24-33-12-16-37(76)17-13-33/h4-19,28-29,31-32,41,44-48,52-53,65-66,75-77H,20-27,30,62H2,1-3H3,(H2,63,78)(H2,64,79)(H,67,82)(H,68,80)(H,69,86)(H,70,83)(H,71,85)(H,72,87)(H,73,84)(H,74,81)(H,88,89)/t32-,41+,44+,45+,46+,47+,48+,52+,53+/m1/s1. The van der Waals surface area contributed by atoms with Crippen molar-refractivity contribution in [2.45, 2.75) is 127 Å². The van der Waals surface area contributed by atoms with Gasteiger partial charge in [-0.05, 0) is 90.8 Å². The van der Waals surface area contributed by atoms with E-state index in [-0.39, 0.29) is 43.6 Å². The van der Waals surface area contributed by atoms with Gasteiger partial charge in [0.2, 0.25) is 59.1 Å². The molecular formula is C61H75N13O15. The topological polar surface area (TPSA) is 475 Å². The number of aromatic amines is 2. The highest BCUT2D eigenvalue weighted by Crippen LogP contribution is 2.22. The molecule has 0 aliphatic carbocycles. The minimum atomic E-state index is -1.64. The molecule has 0 unspecified atom stereocenters. The molecule has 9 atom stereocenters. The number of benzene rings is 4. The maximum absolute atomic E-state index is 14.8. The highest BCUT2D eigenvalue weighted by atomic mass is 16.4. The summed E-state index contributed by atoms with van der Waals surface area (Å²) in [5, 5.41) is 61.7. The smallest absolute Gasteiger partial charge is 0.326 e. The lowest BCUT2D eigenvalue weighted by molar-refractivity contribution is -0.143. The van der Waals surface area contributed by atoms with Crippen LogP contribution in [0.2, 0.25) is 0 Å². The van der Waals surface area contributed by atoms with E-state index in [2.05, 4.69) is 52.5 Å². The molecule has 28 nitrogen and oxygen atoms in total. The van der Waals surface area contributed by atoms with Crippen molar-refractivity contribution < 1.29 is 73.2 Å². The number of phenolic OH excluding ortho intramolecular Hbond substituents is 2. The number of primary amides is 2. The van der Waals surface area contributed by atoms with Crippen LogP contribution in [0.25, 0.3) is 21.8 Å². The molecular weight excluding hydrogens is 1150 g/mol. The second kappa shape index (κ2) is 31.9. The van der Waals surface area contributed by atoms with Gasteiger partial charge in [-0.2, -0.15) is 0 Å². The summed E-state index contributed by atoms with van der Waals surface area (Å²) >= 11 is 0. The van der Waals surface area contributed by atoms with Crippen molar-refractivity contribution in [3.05, 3.63) is 132 Å². The number of aromatic nitrogens is 2. The molecule has 0 radical (unpaired) electrons. The molecule has 0 bridgehead atoms. The van der Waals surface area contributed by atoms with Crippen LogP contribution in [-0.4, -0.2) is 156 Å². The van der Waals surface area contributed by atoms with Crippen molar-refractivity contribution >= 4 is 86.8 Å². The van der Waals surface area contributed by atoms with Crippen molar-refractivity contribution in [2.24, 2.45) is 23.1 Å². The van der Waals surface area contributed by atoms with Crippen molar-refractivity contribution in [1.29, 1.82) is 0 Å². The van der Waals surface area contributed by atoms with Gasteiger partial charge in [0.15, 0.2) is 0 Å². The van der Waals surface area contributed by atoms with Crippen LogP contribution in [0.5, 0.6) is 11.5 Å². The molecule has 6 rings (SSSR count). The van der Waals surface area contributed by atoms with Gasteiger partial charge in [-0.1, -0.05) is 74.5 Å². The first kappa shape index (κ1) is 67.8. The van der Waals surface area contributed by atoms with Gasteiger partial charge in [0.1, 0.15) is 53.8 Å². The zero-order valence-electron chi connectivity index (χ0n) is 49.0. The quantitative estimate of drug-likeness (QED) is 0.0231. The molecule has 6 aromatic rings. The Morgan fingerprint density at radius 2 is 0.876 bits per heavy atom. The lowest BCUT2D eigenvalue weighted by Gasteiger charge is -2.27. The van der Waals surface area contributed by atoms with Crippen molar-refractivity contribution in [3.63, 3.8) is 0 Å². The second-order valence-electron chi connectivity index (χ2n) is 21.9. The number of carbonyl (C=O) groups is 11. The zero-order valence-corrected chi connectivity index (χ0v) is 49.0. The summed E-state index contributed by atoms with van der Waals surface area (Å²) in [5.41, 5.74) is 20.4. The maximum Gasteiger partial charge on any atom is 0.326 e. The first-order valence-corrected chi connectivity index (χ1v) is 28.5. The molecule has 28 heteroatoms. The lowest BCUT2D eigenvalue weighted by Crippen LogP contribution is -2.60. The molecule has 2 heterocycles. The number of nitrogens with two attached hydrogens (primary N) is 3. The number of aliphatic carboxylic acids is 1. The average Bonchev–Trinajstić information content (AvgIpc) is 4.26. The first-order valence-electron chi connectivity index (χ1n) is 28.5. The van der Waals surface area contributed by atoms with Gasteiger partial charge in [0.05, 0.1) is 18.7 Å². The highest BCUT2D eigenvalue weighted by Gasteiger charge is 2.36. The van der Waals surface area contributed by atoms with E-state index in [4.69, 9.17) is 17.2 Å². The molecule has 0 saturated carbocycles. The molecule has 0 saturated heterocycles. The summed E-state index contributed by atoms with van der Waals surface area (Å²) in [7, 11) is 0. The van der Waals surface area contributed by atoms with E-state index in [9.17, 15) is 73.2 Å². The van der Waals surface area contributed by atoms with Crippen LogP contribution >= 0.6 is 0 Å². The number of amides is 10. The van der Waals surface area contributed by atoms with Gasteiger partial charge in [-0.3, -0.25) is 47.9 Å². The number of hydrogen-bond acceptors (Lipinski definition) is 15. The van der Waals surface area contributed by atoms with E-state index in [1.165, 1.54) is 43.3 Å². The number of aliphatic hydroxyl groups excluding tert-OH is 1. The number of para-hydroxylation sites is 2. The fourth-order valence-corrected chi connectivity index (χ4v) is 9.67.